The lowest BCUT2D eigenvalue weighted by molar-refractivity contribution is 0.0499. The summed E-state index contributed by atoms with van der Waals surface area (Å²) in [6.07, 6.45) is 4.91. The number of aryl methyl sites for hydroxylation is 1. The van der Waals surface area contributed by atoms with Crippen LogP contribution in [0.3, 0.4) is 0 Å². The fourth-order valence-corrected chi connectivity index (χ4v) is 5.40. The molecule has 1 unspecified atom stereocenters. The van der Waals surface area contributed by atoms with Gasteiger partial charge < -0.3 is 19.5 Å². The van der Waals surface area contributed by atoms with Gasteiger partial charge in [-0.25, -0.2) is 9.59 Å². The van der Waals surface area contributed by atoms with Gasteiger partial charge in [0.2, 0.25) is 5.95 Å². The molecule has 222 valence electrons. The Labute approximate surface area is 244 Å². The third-order valence-electron chi connectivity index (χ3n) is 7.36. The lowest BCUT2D eigenvalue weighted by Crippen LogP contribution is -2.49. The van der Waals surface area contributed by atoms with Gasteiger partial charge in [-0.3, -0.25) is 18.9 Å². The van der Waals surface area contributed by atoms with Crippen LogP contribution in [-0.4, -0.2) is 54.5 Å². The topological polar surface area (TPSA) is 116 Å². The number of fused-ring (bicyclic) bond motifs is 2. The highest BCUT2D eigenvalue weighted by Gasteiger charge is 2.29. The molecule has 42 heavy (non-hydrogen) atoms. The Balaban J connectivity index is 1.58. The first kappa shape index (κ1) is 29.1. The van der Waals surface area contributed by atoms with Gasteiger partial charge in [-0.15, -0.1) is 0 Å². The Morgan fingerprint density at radius 3 is 2.64 bits per heavy atom. The molecule has 1 fully saturated rings. The van der Waals surface area contributed by atoms with E-state index >= 15 is 0 Å². The van der Waals surface area contributed by atoms with Crippen molar-refractivity contribution in [3.8, 4) is 0 Å². The van der Waals surface area contributed by atoms with Gasteiger partial charge in [0.05, 0.1) is 12.1 Å². The first-order chi connectivity index (χ1) is 19.9. The monoisotopic (exact) mass is 573 g/mol. The van der Waals surface area contributed by atoms with E-state index in [2.05, 4.69) is 15.2 Å². The number of nitrogens with one attached hydrogen (secondary N) is 1. The molecule has 11 heteroatoms. The Bertz CT molecular complexity index is 1780. The second-order valence-corrected chi connectivity index (χ2v) is 12.1. The van der Waals surface area contributed by atoms with Crippen LogP contribution in [0.1, 0.15) is 53.0 Å². The largest absolute Gasteiger partial charge is 0.444 e. The molecule has 1 saturated heterocycles. The van der Waals surface area contributed by atoms with Gasteiger partial charge in [-0.2, -0.15) is 4.98 Å². The second-order valence-electron chi connectivity index (χ2n) is 12.1. The molecule has 0 aliphatic carbocycles. The van der Waals surface area contributed by atoms with Gasteiger partial charge in [0.25, 0.3) is 5.56 Å². The van der Waals surface area contributed by atoms with E-state index in [1.165, 1.54) is 9.13 Å². The van der Waals surface area contributed by atoms with E-state index in [-0.39, 0.29) is 12.6 Å². The number of hydrogen-bond acceptors (Lipinski definition) is 7. The Morgan fingerprint density at radius 1 is 1.14 bits per heavy atom. The number of aromatic nitrogens is 5. The summed E-state index contributed by atoms with van der Waals surface area (Å²) >= 11 is 0. The van der Waals surface area contributed by atoms with E-state index in [4.69, 9.17) is 9.72 Å². The summed E-state index contributed by atoms with van der Waals surface area (Å²) in [5, 5.41) is 3.92. The lowest BCUT2D eigenvalue weighted by Gasteiger charge is -2.34. The number of anilines is 1. The van der Waals surface area contributed by atoms with Crippen molar-refractivity contribution in [2.24, 2.45) is 7.05 Å². The molecule has 1 aliphatic rings. The molecule has 4 heterocycles. The van der Waals surface area contributed by atoms with Crippen molar-refractivity contribution in [1.82, 2.24) is 29.0 Å². The molecular formula is C31H39N7O4. The minimum atomic E-state index is -0.594. The van der Waals surface area contributed by atoms with Crippen LogP contribution in [0.5, 0.6) is 0 Å². The molecule has 1 atom stereocenters. The second kappa shape index (κ2) is 11.5. The van der Waals surface area contributed by atoms with Crippen molar-refractivity contribution in [3.05, 3.63) is 74.6 Å². The highest BCUT2D eigenvalue weighted by Crippen LogP contribution is 2.24. The zero-order chi connectivity index (χ0) is 30.2. The smallest absolute Gasteiger partial charge is 0.407 e. The molecule has 0 radical (unpaired) electrons. The first-order valence-corrected chi connectivity index (χ1v) is 14.3. The van der Waals surface area contributed by atoms with Gasteiger partial charge in [0.1, 0.15) is 5.60 Å². The molecule has 0 spiro atoms. The van der Waals surface area contributed by atoms with Crippen molar-refractivity contribution in [1.29, 1.82) is 0 Å². The number of amides is 1. The number of ether oxygens (including phenoxy) is 1. The first-order valence-electron chi connectivity index (χ1n) is 14.3. The number of rotatable bonds is 6. The summed E-state index contributed by atoms with van der Waals surface area (Å²) in [7, 11) is 1.65. The predicted octanol–water partition coefficient (Wildman–Crippen LogP) is 3.95. The summed E-state index contributed by atoms with van der Waals surface area (Å²) in [6, 6.07) is 9.43. The number of allylic oxidation sites excluding steroid dienone is 2. The number of piperidine rings is 1. The number of benzene rings is 1. The molecule has 11 nitrogen and oxygen atoms in total. The average molecular weight is 574 g/mol. The molecule has 0 saturated carbocycles. The van der Waals surface area contributed by atoms with Crippen LogP contribution in [-0.2, 0) is 24.9 Å². The van der Waals surface area contributed by atoms with Crippen LogP contribution < -0.4 is 21.5 Å². The fourth-order valence-electron chi connectivity index (χ4n) is 5.40. The van der Waals surface area contributed by atoms with Crippen LogP contribution in [0.2, 0.25) is 0 Å². The minimum absolute atomic E-state index is 0.0879. The number of hydrogen-bond donors (Lipinski definition) is 1. The molecule has 0 bridgehead atoms. The zero-order valence-corrected chi connectivity index (χ0v) is 25.2. The van der Waals surface area contributed by atoms with Gasteiger partial charge in [-0.05, 0) is 59.1 Å². The summed E-state index contributed by atoms with van der Waals surface area (Å²) in [4.78, 5) is 51.6. The van der Waals surface area contributed by atoms with Gasteiger partial charge >= 0.3 is 11.8 Å². The maximum atomic E-state index is 14.1. The van der Waals surface area contributed by atoms with Gasteiger partial charge in [-0.1, -0.05) is 35.9 Å². The van der Waals surface area contributed by atoms with Crippen molar-refractivity contribution < 1.29 is 9.53 Å². The molecular weight excluding hydrogens is 534 g/mol. The van der Waals surface area contributed by atoms with Gasteiger partial charge in [0.15, 0.2) is 11.2 Å². The molecule has 1 aliphatic heterocycles. The quantitative estimate of drug-likeness (QED) is 0.347. The summed E-state index contributed by atoms with van der Waals surface area (Å²) in [5.41, 5.74) is 1.89. The Hall–Kier alpha value is -4.41. The highest BCUT2D eigenvalue weighted by atomic mass is 16.6. The van der Waals surface area contributed by atoms with Crippen LogP contribution in [0, 0.1) is 0 Å². The average Bonchev–Trinajstić information content (AvgIpc) is 3.32. The number of nitrogens with zero attached hydrogens (tertiary/aromatic N) is 6. The number of carbonyl (C=O) groups excluding carboxylic acids is 1. The molecule has 5 rings (SSSR count). The molecule has 1 aromatic carbocycles. The molecule has 3 aromatic heterocycles. The maximum absolute atomic E-state index is 14.1. The number of alkyl carbamates (subject to hydrolysis) is 1. The van der Waals surface area contributed by atoms with Crippen molar-refractivity contribution in [3.63, 3.8) is 0 Å². The van der Waals surface area contributed by atoms with E-state index in [1.54, 1.807) is 13.2 Å². The lowest BCUT2D eigenvalue weighted by atomic mass is 10.1. The summed E-state index contributed by atoms with van der Waals surface area (Å²) < 4.78 is 10.1. The Kier molecular flexibility index (Phi) is 7.94. The van der Waals surface area contributed by atoms with E-state index in [9.17, 15) is 14.4 Å². The third kappa shape index (κ3) is 5.95. The third-order valence-corrected chi connectivity index (χ3v) is 7.36. The van der Waals surface area contributed by atoms with Crippen LogP contribution in [0.4, 0.5) is 10.7 Å². The number of pyridine rings is 1. The number of imidazole rings is 1. The van der Waals surface area contributed by atoms with Crippen molar-refractivity contribution in [2.75, 3.05) is 18.0 Å². The van der Waals surface area contributed by atoms with E-state index < -0.39 is 22.9 Å². The normalized spacial score (nSPS) is 15.7. The van der Waals surface area contributed by atoms with Gasteiger partial charge in [0, 0.05) is 44.3 Å². The predicted molar refractivity (Wildman–Crippen MR) is 164 cm³/mol. The molecule has 1 amide bonds. The maximum Gasteiger partial charge on any atom is 0.407 e. The van der Waals surface area contributed by atoms with E-state index in [0.29, 0.717) is 36.7 Å². The number of para-hydroxylation sites is 1. The fraction of sp³-hybridized carbons (Fsp3) is 0.452. The van der Waals surface area contributed by atoms with E-state index in [1.807, 2.05) is 75.6 Å². The minimum Gasteiger partial charge on any atom is -0.444 e. The van der Waals surface area contributed by atoms with Crippen LogP contribution in [0.25, 0.3) is 22.1 Å². The number of carbonyl (C=O) groups is 1. The van der Waals surface area contributed by atoms with Crippen LogP contribution >= 0.6 is 0 Å². The SMILES string of the molecule is CC(C)=CCn1c(N2CCCC(NC(=O)OC(C)(C)C)C2)nc2c1c(=O)n(Cc1cccc3cccnc13)c(=O)n2C. The highest BCUT2D eigenvalue weighted by molar-refractivity contribution is 5.81. The van der Waals surface area contributed by atoms with Crippen LogP contribution in [0.15, 0.2) is 57.8 Å². The van der Waals surface area contributed by atoms with E-state index in [0.717, 1.165) is 34.9 Å². The Morgan fingerprint density at radius 2 is 1.90 bits per heavy atom. The summed E-state index contributed by atoms with van der Waals surface area (Å²) in [6.45, 7) is 11.2. The standard InChI is InChI=1S/C31H39N7O4/c1-20(2)14-17-37-25-26(34-28(37)36-16-9-13-23(19-36)33-29(40)42-31(3,4)5)35(6)30(41)38(27(25)39)18-22-11-7-10-21-12-8-15-32-24(21)22/h7-8,10-12,14-15,23H,9,13,16-19H2,1-6H3,(H,33,40). The molecule has 1 N–H and O–H groups in total. The molecule has 4 aromatic rings. The summed E-state index contributed by atoms with van der Waals surface area (Å²) in [5.74, 6) is 0.592. The van der Waals surface area contributed by atoms with Crippen molar-refractivity contribution in [2.45, 2.75) is 72.2 Å². The van der Waals surface area contributed by atoms with Crippen molar-refractivity contribution >= 4 is 34.1 Å². The zero-order valence-electron chi connectivity index (χ0n) is 25.2.